The quantitative estimate of drug-likeness (QED) is 0.485. The number of methoxy groups -OCH3 is 1. The summed E-state index contributed by atoms with van der Waals surface area (Å²) in [4.78, 5) is 14.8. The predicted molar refractivity (Wildman–Crippen MR) is 132 cm³/mol. The van der Waals surface area contributed by atoms with Gasteiger partial charge >= 0.3 is 0 Å². The third-order valence-electron chi connectivity index (χ3n) is 5.94. The summed E-state index contributed by atoms with van der Waals surface area (Å²) in [7, 11) is 1.69. The highest BCUT2D eigenvalue weighted by molar-refractivity contribution is 5.77. The van der Waals surface area contributed by atoms with Crippen molar-refractivity contribution < 1.29 is 19.0 Å². The fourth-order valence-corrected chi connectivity index (χ4v) is 4.06. The third-order valence-corrected chi connectivity index (χ3v) is 5.94. The molecule has 1 N–H and O–H groups in total. The van der Waals surface area contributed by atoms with Gasteiger partial charge in [0.15, 0.2) is 6.61 Å². The number of ether oxygens (including phenoxy) is 3. The molecule has 6 heteroatoms. The van der Waals surface area contributed by atoms with Crippen LogP contribution in [-0.4, -0.2) is 43.7 Å². The highest BCUT2D eigenvalue weighted by Gasteiger charge is 2.21. The van der Waals surface area contributed by atoms with Gasteiger partial charge < -0.3 is 19.5 Å². The second-order valence-corrected chi connectivity index (χ2v) is 8.50. The molecule has 178 valence electrons. The molecular formula is C28H32N2O4. The Morgan fingerprint density at radius 2 is 1.53 bits per heavy atom. The summed E-state index contributed by atoms with van der Waals surface area (Å²) in [6.07, 6.45) is 1.87. The van der Waals surface area contributed by atoms with Crippen LogP contribution in [0.25, 0.3) is 0 Å². The van der Waals surface area contributed by atoms with Gasteiger partial charge in [-0.15, -0.1) is 0 Å². The number of amides is 1. The van der Waals surface area contributed by atoms with E-state index in [0.29, 0.717) is 12.4 Å². The maximum Gasteiger partial charge on any atom is 0.258 e. The summed E-state index contributed by atoms with van der Waals surface area (Å²) in [5.41, 5.74) is 2.36. The molecule has 0 aromatic heterocycles. The first-order valence-electron chi connectivity index (χ1n) is 11.7. The molecule has 0 spiro atoms. The first-order chi connectivity index (χ1) is 16.7. The lowest BCUT2D eigenvalue weighted by Gasteiger charge is -2.32. The zero-order chi connectivity index (χ0) is 23.6. The van der Waals surface area contributed by atoms with E-state index in [2.05, 4.69) is 22.3 Å². The molecule has 0 saturated carbocycles. The van der Waals surface area contributed by atoms with E-state index >= 15 is 0 Å². The van der Waals surface area contributed by atoms with Gasteiger partial charge in [0.2, 0.25) is 0 Å². The van der Waals surface area contributed by atoms with Crippen molar-refractivity contribution in [1.29, 1.82) is 0 Å². The van der Waals surface area contributed by atoms with Gasteiger partial charge in [0.1, 0.15) is 23.9 Å². The van der Waals surface area contributed by atoms with Gasteiger partial charge in [0.05, 0.1) is 7.11 Å². The van der Waals surface area contributed by atoms with Gasteiger partial charge in [-0.05, 0) is 60.4 Å². The molecule has 0 bridgehead atoms. The first-order valence-corrected chi connectivity index (χ1v) is 11.7. The highest BCUT2D eigenvalue weighted by atomic mass is 16.5. The van der Waals surface area contributed by atoms with Crippen LogP contribution in [0.3, 0.4) is 0 Å². The van der Waals surface area contributed by atoms with Crippen LogP contribution in [0, 0.1) is 0 Å². The van der Waals surface area contributed by atoms with Crippen molar-refractivity contribution in [3.8, 4) is 17.2 Å². The van der Waals surface area contributed by atoms with E-state index in [1.54, 1.807) is 7.11 Å². The molecule has 1 saturated heterocycles. The Bertz CT molecular complexity index is 1030. The SMILES string of the molecule is COc1cccc(CN2CCC(NC(=O)COc3ccc(OCc4ccccc4)cc3)CC2)c1. The van der Waals surface area contributed by atoms with E-state index in [-0.39, 0.29) is 18.6 Å². The molecule has 3 aromatic rings. The molecule has 34 heavy (non-hydrogen) atoms. The molecule has 4 rings (SSSR count). The molecule has 1 heterocycles. The average Bonchev–Trinajstić information content (AvgIpc) is 2.89. The molecule has 0 atom stereocenters. The second-order valence-electron chi connectivity index (χ2n) is 8.50. The molecule has 1 aliphatic heterocycles. The van der Waals surface area contributed by atoms with E-state index < -0.39 is 0 Å². The number of carbonyl (C=O) groups is 1. The normalized spacial score (nSPS) is 14.4. The predicted octanol–water partition coefficient (Wildman–Crippen LogP) is 4.43. The Labute approximate surface area is 201 Å². The Balaban J connectivity index is 1.14. The maximum atomic E-state index is 12.4. The number of piperidine rings is 1. The minimum atomic E-state index is -0.0874. The van der Waals surface area contributed by atoms with Crippen molar-refractivity contribution in [2.45, 2.75) is 32.0 Å². The van der Waals surface area contributed by atoms with Crippen molar-refractivity contribution >= 4 is 5.91 Å². The van der Waals surface area contributed by atoms with Crippen LogP contribution in [0.15, 0.2) is 78.9 Å². The van der Waals surface area contributed by atoms with E-state index in [0.717, 1.165) is 49.5 Å². The maximum absolute atomic E-state index is 12.4. The topological polar surface area (TPSA) is 60.0 Å². The number of nitrogens with one attached hydrogen (secondary N) is 1. The minimum Gasteiger partial charge on any atom is -0.497 e. The molecular weight excluding hydrogens is 428 g/mol. The lowest BCUT2D eigenvalue weighted by molar-refractivity contribution is -0.124. The number of hydrogen-bond acceptors (Lipinski definition) is 5. The van der Waals surface area contributed by atoms with Crippen molar-refractivity contribution in [3.63, 3.8) is 0 Å². The lowest BCUT2D eigenvalue weighted by atomic mass is 10.0. The number of rotatable bonds is 10. The zero-order valence-electron chi connectivity index (χ0n) is 19.6. The average molecular weight is 461 g/mol. The standard InChI is InChI=1S/C28H32N2O4/c1-32-27-9-5-8-23(18-27)19-30-16-14-24(15-17-30)29-28(31)21-34-26-12-10-25(11-13-26)33-20-22-6-3-2-4-7-22/h2-13,18,24H,14-17,19-21H2,1H3,(H,29,31). The summed E-state index contributed by atoms with van der Waals surface area (Å²) < 4.78 is 16.8. The van der Waals surface area contributed by atoms with Gasteiger partial charge in [-0.3, -0.25) is 9.69 Å². The molecule has 6 nitrogen and oxygen atoms in total. The van der Waals surface area contributed by atoms with Crippen molar-refractivity contribution in [3.05, 3.63) is 90.0 Å². The van der Waals surface area contributed by atoms with E-state index in [1.165, 1.54) is 5.56 Å². The monoisotopic (exact) mass is 460 g/mol. The van der Waals surface area contributed by atoms with Crippen LogP contribution in [0.2, 0.25) is 0 Å². The largest absolute Gasteiger partial charge is 0.497 e. The van der Waals surface area contributed by atoms with Gasteiger partial charge in [-0.25, -0.2) is 0 Å². The smallest absolute Gasteiger partial charge is 0.258 e. The third kappa shape index (κ3) is 7.25. The summed E-state index contributed by atoms with van der Waals surface area (Å²) >= 11 is 0. The van der Waals surface area contributed by atoms with Crippen molar-refractivity contribution in [2.24, 2.45) is 0 Å². The summed E-state index contributed by atoms with van der Waals surface area (Å²) in [5.74, 6) is 2.21. The van der Waals surface area contributed by atoms with E-state index in [1.807, 2.05) is 66.7 Å². The number of likely N-dealkylation sites (tertiary alicyclic amines) is 1. The van der Waals surface area contributed by atoms with Crippen LogP contribution >= 0.6 is 0 Å². The Hall–Kier alpha value is -3.51. The highest BCUT2D eigenvalue weighted by Crippen LogP contribution is 2.20. The van der Waals surface area contributed by atoms with Crippen molar-refractivity contribution in [2.75, 3.05) is 26.8 Å². The Morgan fingerprint density at radius 1 is 0.853 bits per heavy atom. The van der Waals surface area contributed by atoms with Crippen LogP contribution in [0.1, 0.15) is 24.0 Å². The van der Waals surface area contributed by atoms with Crippen LogP contribution in [0.5, 0.6) is 17.2 Å². The minimum absolute atomic E-state index is 0.00818. The van der Waals surface area contributed by atoms with Gasteiger partial charge in [-0.2, -0.15) is 0 Å². The number of benzene rings is 3. The van der Waals surface area contributed by atoms with Gasteiger partial charge in [0, 0.05) is 25.7 Å². The summed E-state index contributed by atoms with van der Waals surface area (Å²) in [6, 6.07) is 25.7. The fraction of sp³-hybridized carbons (Fsp3) is 0.321. The summed E-state index contributed by atoms with van der Waals surface area (Å²) in [5, 5.41) is 3.11. The lowest BCUT2D eigenvalue weighted by Crippen LogP contribution is -2.45. The summed E-state index contributed by atoms with van der Waals surface area (Å²) in [6.45, 7) is 3.32. The Kier molecular flexibility index (Phi) is 8.41. The van der Waals surface area contributed by atoms with Crippen LogP contribution in [0.4, 0.5) is 0 Å². The molecule has 1 fully saturated rings. The van der Waals surface area contributed by atoms with Gasteiger partial charge in [-0.1, -0.05) is 42.5 Å². The van der Waals surface area contributed by atoms with Crippen LogP contribution < -0.4 is 19.5 Å². The fourth-order valence-electron chi connectivity index (χ4n) is 4.06. The first kappa shape index (κ1) is 23.6. The molecule has 1 amide bonds. The number of hydrogen-bond donors (Lipinski definition) is 1. The van der Waals surface area contributed by atoms with Gasteiger partial charge in [0.25, 0.3) is 5.91 Å². The van der Waals surface area contributed by atoms with E-state index in [4.69, 9.17) is 14.2 Å². The molecule has 1 aliphatic rings. The number of nitrogens with zero attached hydrogens (tertiary/aromatic N) is 1. The molecule has 0 radical (unpaired) electrons. The van der Waals surface area contributed by atoms with E-state index in [9.17, 15) is 4.79 Å². The second kappa shape index (κ2) is 12.1. The zero-order valence-corrected chi connectivity index (χ0v) is 19.6. The molecule has 0 aliphatic carbocycles. The molecule has 0 unspecified atom stereocenters. The number of carbonyl (C=O) groups excluding carboxylic acids is 1. The van der Waals surface area contributed by atoms with Crippen molar-refractivity contribution in [1.82, 2.24) is 10.2 Å². The van der Waals surface area contributed by atoms with Crippen LogP contribution in [-0.2, 0) is 17.9 Å². The molecule has 3 aromatic carbocycles. The Morgan fingerprint density at radius 3 is 2.24 bits per heavy atom.